The fourth-order valence-corrected chi connectivity index (χ4v) is 0.514. The van der Waals surface area contributed by atoms with E-state index in [2.05, 4.69) is 17.2 Å². The van der Waals surface area contributed by atoms with Crippen molar-refractivity contribution < 1.29 is 4.79 Å². The minimum atomic E-state index is 0.00325. The Morgan fingerprint density at radius 2 is 1.80 bits per heavy atom. The van der Waals surface area contributed by atoms with Crippen molar-refractivity contribution in [2.24, 2.45) is 0 Å². The summed E-state index contributed by atoms with van der Waals surface area (Å²) < 4.78 is 0. The van der Waals surface area contributed by atoms with Crippen molar-refractivity contribution in [1.82, 2.24) is 10.6 Å². The van der Waals surface area contributed by atoms with Gasteiger partial charge in [0.15, 0.2) is 0 Å². The summed E-state index contributed by atoms with van der Waals surface area (Å²) >= 11 is 0. The van der Waals surface area contributed by atoms with Crippen molar-refractivity contribution in [2.45, 2.75) is 13.8 Å². The van der Waals surface area contributed by atoms with Gasteiger partial charge in [-0.3, -0.25) is 4.79 Å². The van der Waals surface area contributed by atoms with Gasteiger partial charge in [0.2, 0.25) is 5.91 Å². The third-order valence-electron chi connectivity index (χ3n) is 0.926. The molecule has 3 nitrogen and oxygen atoms in total. The molecule has 0 aliphatic rings. The fourth-order valence-electron chi connectivity index (χ4n) is 0.514. The molecule has 1 amide bonds. The number of hydrogen-bond acceptors (Lipinski definition) is 2. The van der Waals surface area contributed by atoms with Crippen LogP contribution in [-0.2, 0) is 4.79 Å². The average molecular weight is 142 g/mol. The van der Waals surface area contributed by atoms with Gasteiger partial charge in [0.1, 0.15) is 0 Å². The molecule has 0 aromatic heterocycles. The summed E-state index contributed by atoms with van der Waals surface area (Å²) in [5.74, 6) is 0.00325. The van der Waals surface area contributed by atoms with Crippen LogP contribution < -0.4 is 10.6 Å². The third kappa shape index (κ3) is 7.01. The van der Waals surface area contributed by atoms with Crippen LogP contribution in [0.5, 0.6) is 0 Å². The van der Waals surface area contributed by atoms with Crippen LogP contribution in [-0.4, -0.2) is 19.0 Å². The van der Waals surface area contributed by atoms with Crippen molar-refractivity contribution in [3.8, 4) is 0 Å². The maximum Gasteiger partial charge on any atom is 0.216 e. The number of nitrogens with one attached hydrogen (secondary N) is 2. The summed E-state index contributed by atoms with van der Waals surface area (Å²) in [4.78, 5) is 10.3. The average Bonchev–Trinajstić information content (AvgIpc) is 1.79. The van der Waals surface area contributed by atoms with E-state index in [4.69, 9.17) is 0 Å². The molecule has 0 heterocycles. The Balaban J connectivity index is 3.06. The van der Waals surface area contributed by atoms with E-state index in [1.165, 1.54) is 6.92 Å². The zero-order chi connectivity index (χ0) is 7.98. The van der Waals surface area contributed by atoms with Gasteiger partial charge in [-0.15, -0.1) is 0 Å². The molecule has 0 saturated heterocycles. The summed E-state index contributed by atoms with van der Waals surface area (Å²) in [5.41, 5.74) is 0.922. The quantitative estimate of drug-likeness (QED) is 0.552. The smallest absolute Gasteiger partial charge is 0.216 e. The third-order valence-corrected chi connectivity index (χ3v) is 0.926. The molecular formula is C7H14N2O. The number of hydrogen-bond donors (Lipinski definition) is 2. The molecule has 0 saturated carbocycles. The predicted octanol–water partition coefficient (Wildman–Crippen LogP) is 0.246. The van der Waals surface area contributed by atoms with E-state index in [1.54, 1.807) is 0 Å². The van der Waals surface area contributed by atoms with Gasteiger partial charge in [0.05, 0.1) is 0 Å². The predicted molar refractivity (Wildman–Crippen MR) is 41.5 cm³/mol. The molecule has 0 atom stereocenters. The Bertz CT molecular complexity index is 116. The molecule has 58 valence electrons. The highest BCUT2D eigenvalue weighted by Crippen LogP contribution is 1.74. The summed E-state index contributed by atoms with van der Waals surface area (Å²) in [6.07, 6.45) is 0. The Hall–Kier alpha value is -0.990. The van der Waals surface area contributed by atoms with E-state index in [0.717, 1.165) is 12.2 Å². The largest absolute Gasteiger partial charge is 0.387 e. The first-order chi connectivity index (χ1) is 4.63. The molecule has 0 aromatic rings. The number of carbonyl (C=O) groups excluding carboxylic acids is 1. The van der Waals surface area contributed by atoms with Gasteiger partial charge < -0.3 is 10.6 Å². The Labute approximate surface area is 61.5 Å². The van der Waals surface area contributed by atoms with E-state index < -0.39 is 0 Å². The Morgan fingerprint density at radius 3 is 2.20 bits per heavy atom. The van der Waals surface area contributed by atoms with Gasteiger partial charge in [0, 0.05) is 25.7 Å². The maximum atomic E-state index is 10.3. The van der Waals surface area contributed by atoms with Gasteiger partial charge in [-0.1, -0.05) is 6.58 Å². The molecule has 2 N–H and O–H groups in total. The van der Waals surface area contributed by atoms with Crippen molar-refractivity contribution in [1.29, 1.82) is 0 Å². The second-order valence-corrected chi connectivity index (χ2v) is 2.19. The number of carbonyl (C=O) groups is 1. The summed E-state index contributed by atoms with van der Waals surface area (Å²) in [5, 5.41) is 5.65. The lowest BCUT2D eigenvalue weighted by Crippen LogP contribution is -2.29. The minimum absolute atomic E-state index is 0.00325. The molecule has 0 fully saturated rings. The molecule has 0 aliphatic carbocycles. The lowest BCUT2D eigenvalue weighted by atomic mass is 10.5. The van der Waals surface area contributed by atoms with Gasteiger partial charge >= 0.3 is 0 Å². The van der Waals surface area contributed by atoms with Gasteiger partial charge in [-0.2, -0.15) is 0 Å². The lowest BCUT2D eigenvalue weighted by Gasteiger charge is -2.04. The first-order valence-corrected chi connectivity index (χ1v) is 3.26. The van der Waals surface area contributed by atoms with Crippen LogP contribution in [0.15, 0.2) is 12.3 Å². The highest BCUT2D eigenvalue weighted by atomic mass is 16.1. The standard InChI is InChI=1S/C7H14N2O/c1-6(2)8-4-5-9-7(3)10/h8H,1,4-5H2,2-3H3,(H,9,10). The topological polar surface area (TPSA) is 41.1 Å². The molecule has 3 heteroatoms. The SMILES string of the molecule is C=C(C)NCCNC(C)=O. The Morgan fingerprint density at radius 1 is 1.30 bits per heavy atom. The van der Waals surface area contributed by atoms with E-state index in [-0.39, 0.29) is 5.91 Å². The van der Waals surface area contributed by atoms with Crippen LogP contribution in [0.25, 0.3) is 0 Å². The van der Waals surface area contributed by atoms with E-state index in [0.29, 0.717) is 6.54 Å². The van der Waals surface area contributed by atoms with E-state index in [1.807, 2.05) is 6.92 Å². The highest BCUT2D eigenvalue weighted by Gasteiger charge is 1.88. The monoisotopic (exact) mass is 142 g/mol. The van der Waals surface area contributed by atoms with Crippen molar-refractivity contribution in [3.63, 3.8) is 0 Å². The van der Waals surface area contributed by atoms with Gasteiger partial charge in [0.25, 0.3) is 0 Å². The zero-order valence-corrected chi connectivity index (χ0v) is 6.53. The number of rotatable bonds is 4. The zero-order valence-electron chi connectivity index (χ0n) is 6.53. The molecule has 0 unspecified atom stereocenters. The normalized spacial score (nSPS) is 8.60. The van der Waals surface area contributed by atoms with Crippen molar-refractivity contribution >= 4 is 5.91 Å². The number of amides is 1. The van der Waals surface area contributed by atoms with Gasteiger partial charge in [-0.05, 0) is 6.92 Å². The molecule has 0 rings (SSSR count). The molecule has 0 aromatic carbocycles. The summed E-state index contributed by atoms with van der Waals surface area (Å²) in [7, 11) is 0. The molecule has 0 spiro atoms. The maximum absolute atomic E-state index is 10.3. The van der Waals surface area contributed by atoms with Crippen molar-refractivity contribution in [2.75, 3.05) is 13.1 Å². The van der Waals surface area contributed by atoms with E-state index in [9.17, 15) is 4.79 Å². The minimum Gasteiger partial charge on any atom is -0.387 e. The molecular weight excluding hydrogens is 128 g/mol. The first kappa shape index (κ1) is 9.01. The number of allylic oxidation sites excluding steroid dienone is 1. The molecule has 0 bridgehead atoms. The fraction of sp³-hybridized carbons (Fsp3) is 0.571. The van der Waals surface area contributed by atoms with Crippen LogP contribution in [0.4, 0.5) is 0 Å². The molecule has 10 heavy (non-hydrogen) atoms. The second kappa shape index (κ2) is 4.85. The van der Waals surface area contributed by atoms with Gasteiger partial charge in [-0.25, -0.2) is 0 Å². The van der Waals surface area contributed by atoms with Crippen LogP contribution in [0.3, 0.4) is 0 Å². The second-order valence-electron chi connectivity index (χ2n) is 2.19. The first-order valence-electron chi connectivity index (χ1n) is 3.26. The van der Waals surface area contributed by atoms with E-state index >= 15 is 0 Å². The van der Waals surface area contributed by atoms with Crippen LogP contribution in [0.1, 0.15) is 13.8 Å². The summed E-state index contributed by atoms with van der Waals surface area (Å²) in [6, 6.07) is 0. The molecule has 0 aliphatic heterocycles. The lowest BCUT2D eigenvalue weighted by molar-refractivity contribution is -0.118. The van der Waals surface area contributed by atoms with Crippen LogP contribution in [0.2, 0.25) is 0 Å². The summed E-state index contributed by atoms with van der Waals surface area (Å²) in [6.45, 7) is 8.43. The van der Waals surface area contributed by atoms with Crippen LogP contribution >= 0.6 is 0 Å². The molecule has 0 radical (unpaired) electrons. The van der Waals surface area contributed by atoms with Crippen molar-refractivity contribution in [3.05, 3.63) is 12.3 Å². The highest BCUT2D eigenvalue weighted by molar-refractivity contribution is 5.72. The Kier molecular flexibility index (Phi) is 4.37. The van der Waals surface area contributed by atoms with Crippen LogP contribution in [0, 0.1) is 0 Å².